The third-order valence-corrected chi connectivity index (χ3v) is 3.24. The van der Waals surface area contributed by atoms with Crippen molar-refractivity contribution in [1.82, 2.24) is 4.98 Å². The molecule has 1 N–H and O–H groups in total. The van der Waals surface area contributed by atoms with Gasteiger partial charge in [0.1, 0.15) is 0 Å². The third-order valence-electron chi connectivity index (χ3n) is 3.24. The zero-order valence-electron chi connectivity index (χ0n) is 11.9. The van der Waals surface area contributed by atoms with Crippen molar-refractivity contribution in [3.8, 4) is 0 Å². The molecule has 1 amide bonds. The molecule has 2 rings (SSSR count). The minimum atomic E-state index is -4.38. The first kappa shape index (κ1) is 16.0. The van der Waals surface area contributed by atoms with Crippen LogP contribution in [0, 0.1) is 0 Å². The summed E-state index contributed by atoms with van der Waals surface area (Å²) in [5.41, 5.74) is 0.538. The first-order chi connectivity index (χ1) is 10.4. The Morgan fingerprint density at radius 3 is 2.45 bits per heavy atom. The van der Waals surface area contributed by atoms with Crippen molar-refractivity contribution in [2.45, 2.75) is 25.4 Å². The summed E-state index contributed by atoms with van der Waals surface area (Å²) in [5, 5.41) is 2.59. The van der Waals surface area contributed by atoms with Gasteiger partial charge in [0.25, 0.3) is 0 Å². The highest BCUT2D eigenvalue weighted by Crippen LogP contribution is 2.30. The number of hydrogen-bond acceptors (Lipinski definition) is 2. The van der Waals surface area contributed by atoms with E-state index in [9.17, 15) is 18.0 Å². The van der Waals surface area contributed by atoms with Crippen LogP contribution in [0.25, 0.3) is 0 Å². The Balaban J connectivity index is 1.95. The fourth-order valence-corrected chi connectivity index (χ4v) is 2.02. The lowest BCUT2D eigenvalue weighted by molar-refractivity contribution is -0.137. The van der Waals surface area contributed by atoms with E-state index in [0.717, 1.165) is 17.7 Å². The van der Waals surface area contributed by atoms with Gasteiger partial charge in [0.15, 0.2) is 0 Å². The number of anilines is 1. The minimum Gasteiger partial charge on any atom is -0.326 e. The normalized spacial score (nSPS) is 12.7. The summed E-state index contributed by atoms with van der Waals surface area (Å²) in [6.45, 7) is 1.89. The van der Waals surface area contributed by atoms with Crippen molar-refractivity contribution in [2.24, 2.45) is 0 Å². The molecule has 1 atom stereocenters. The Morgan fingerprint density at radius 2 is 1.91 bits per heavy atom. The molecule has 6 heteroatoms. The van der Waals surface area contributed by atoms with Gasteiger partial charge in [-0.2, -0.15) is 13.2 Å². The van der Waals surface area contributed by atoms with Crippen LogP contribution in [0.4, 0.5) is 18.9 Å². The lowest BCUT2D eigenvalue weighted by atomic mass is 9.99. The monoisotopic (exact) mass is 308 g/mol. The molecule has 3 nitrogen and oxygen atoms in total. The fourth-order valence-electron chi connectivity index (χ4n) is 2.02. The van der Waals surface area contributed by atoms with Crippen molar-refractivity contribution in [1.29, 1.82) is 0 Å². The van der Waals surface area contributed by atoms with Crippen LogP contribution in [0.15, 0.2) is 48.8 Å². The molecule has 0 spiro atoms. The highest BCUT2D eigenvalue weighted by atomic mass is 19.4. The summed E-state index contributed by atoms with van der Waals surface area (Å²) < 4.78 is 37.3. The molecule has 0 aliphatic rings. The molecular weight excluding hydrogens is 293 g/mol. The maximum atomic E-state index is 12.4. The Kier molecular flexibility index (Phi) is 4.80. The zero-order chi connectivity index (χ0) is 16.2. The Hall–Kier alpha value is -2.37. The molecule has 1 aromatic carbocycles. The van der Waals surface area contributed by atoms with Gasteiger partial charge in [0, 0.05) is 24.5 Å². The standard InChI is InChI=1S/C16H15F3N2O/c1-11(12-3-2-8-20-10-12)9-15(22)21-14-6-4-13(5-7-14)16(17,18)19/h2-8,10-11H,9H2,1H3,(H,21,22). The van der Waals surface area contributed by atoms with Gasteiger partial charge in [0.05, 0.1) is 5.56 Å². The van der Waals surface area contributed by atoms with Gasteiger partial charge >= 0.3 is 6.18 Å². The van der Waals surface area contributed by atoms with E-state index in [4.69, 9.17) is 0 Å². The van der Waals surface area contributed by atoms with Crippen LogP contribution in [0.5, 0.6) is 0 Å². The summed E-state index contributed by atoms with van der Waals surface area (Å²) in [4.78, 5) is 15.9. The van der Waals surface area contributed by atoms with E-state index < -0.39 is 11.7 Å². The first-order valence-electron chi connectivity index (χ1n) is 6.73. The predicted molar refractivity (Wildman–Crippen MR) is 77.3 cm³/mol. The highest BCUT2D eigenvalue weighted by molar-refractivity contribution is 5.91. The van der Waals surface area contributed by atoms with Gasteiger partial charge in [0.2, 0.25) is 5.91 Å². The quantitative estimate of drug-likeness (QED) is 0.918. The van der Waals surface area contributed by atoms with E-state index in [1.54, 1.807) is 18.5 Å². The number of rotatable bonds is 4. The largest absolute Gasteiger partial charge is 0.416 e. The zero-order valence-corrected chi connectivity index (χ0v) is 11.9. The Morgan fingerprint density at radius 1 is 1.23 bits per heavy atom. The number of nitrogens with zero attached hydrogens (tertiary/aromatic N) is 1. The number of carbonyl (C=O) groups is 1. The lowest BCUT2D eigenvalue weighted by Crippen LogP contribution is -2.14. The van der Waals surface area contributed by atoms with Gasteiger partial charge < -0.3 is 5.32 Å². The van der Waals surface area contributed by atoms with Crippen molar-refractivity contribution >= 4 is 11.6 Å². The van der Waals surface area contributed by atoms with Gasteiger partial charge in [-0.3, -0.25) is 9.78 Å². The second-order valence-electron chi connectivity index (χ2n) is 5.01. The van der Waals surface area contributed by atoms with Gasteiger partial charge in [-0.15, -0.1) is 0 Å². The van der Waals surface area contributed by atoms with E-state index in [1.165, 1.54) is 12.1 Å². The fraction of sp³-hybridized carbons (Fsp3) is 0.250. The number of amides is 1. The van der Waals surface area contributed by atoms with Gasteiger partial charge in [-0.05, 0) is 41.8 Å². The number of pyridine rings is 1. The number of aromatic nitrogens is 1. The molecule has 0 aliphatic heterocycles. The molecule has 0 saturated carbocycles. The average molecular weight is 308 g/mol. The highest BCUT2D eigenvalue weighted by Gasteiger charge is 2.29. The molecule has 2 aromatic rings. The number of hydrogen-bond donors (Lipinski definition) is 1. The SMILES string of the molecule is CC(CC(=O)Nc1ccc(C(F)(F)F)cc1)c1cccnc1. The van der Waals surface area contributed by atoms with Crippen LogP contribution >= 0.6 is 0 Å². The number of alkyl halides is 3. The molecular formula is C16H15F3N2O. The maximum absolute atomic E-state index is 12.4. The van der Waals surface area contributed by atoms with Gasteiger partial charge in [-0.25, -0.2) is 0 Å². The van der Waals surface area contributed by atoms with E-state index in [-0.39, 0.29) is 18.2 Å². The van der Waals surface area contributed by atoms with Crippen molar-refractivity contribution in [3.05, 3.63) is 59.9 Å². The summed E-state index contributed by atoms with van der Waals surface area (Å²) >= 11 is 0. The Labute approximate surface area is 126 Å². The van der Waals surface area contributed by atoms with E-state index in [2.05, 4.69) is 10.3 Å². The van der Waals surface area contributed by atoms with E-state index in [0.29, 0.717) is 5.69 Å². The van der Waals surface area contributed by atoms with Crippen LogP contribution in [-0.2, 0) is 11.0 Å². The molecule has 116 valence electrons. The van der Waals surface area contributed by atoms with Crippen LogP contribution in [0.3, 0.4) is 0 Å². The van der Waals surface area contributed by atoms with Crippen molar-refractivity contribution in [3.63, 3.8) is 0 Å². The predicted octanol–water partition coefficient (Wildman–Crippen LogP) is 4.23. The topological polar surface area (TPSA) is 42.0 Å². The second-order valence-corrected chi connectivity index (χ2v) is 5.01. The van der Waals surface area contributed by atoms with Crippen molar-refractivity contribution in [2.75, 3.05) is 5.32 Å². The summed E-state index contributed by atoms with van der Waals surface area (Å²) in [6.07, 6.45) is -0.807. The first-order valence-corrected chi connectivity index (χ1v) is 6.73. The summed E-state index contributed by atoms with van der Waals surface area (Å²) in [5.74, 6) is -0.278. The van der Waals surface area contributed by atoms with E-state index in [1.807, 2.05) is 13.0 Å². The van der Waals surface area contributed by atoms with E-state index >= 15 is 0 Å². The number of nitrogens with one attached hydrogen (secondary N) is 1. The van der Waals surface area contributed by atoms with Crippen molar-refractivity contribution < 1.29 is 18.0 Å². The second kappa shape index (κ2) is 6.60. The van der Waals surface area contributed by atoms with Crippen LogP contribution in [0.1, 0.15) is 30.4 Å². The number of halogens is 3. The maximum Gasteiger partial charge on any atom is 0.416 e. The number of carbonyl (C=O) groups excluding carboxylic acids is 1. The third kappa shape index (κ3) is 4.31. The average Bonchev–Trinajstić information content (AvgIpc) is 2.47. The molecule has 0 aliphatic carbocycles. The van der Waals surface area contributed by atoms with Crippen LogP contribution in [-0.4, -0.2) is 10.9 Å². The molecule has 0 saturated heterocycles. The molecule has 1 aromatic heterocycles. The minimum absolute atomic E-state index is 0.0249. The molecule has 22 heavy (non-hydrogen) atoms. The molecule has 1 heterocycles. The van der Waals surface area contributed by atoms with Gasteiger partial charge in [-0.1, -0.05) is 13.0 Å². The van der Waals surface area contributed by atoms with Crippen LogP contribution < -0.4 is 5.32 Å². The molecule has 0 radical (unpaired) electrons. The summed E-state index contributed by atoms with van der Waals surface area (Å²) in [6, 6.07) is 8.05. The van der Waals surface area contributed by atoms with Crippen LogP contribution in [0.2, 0.25) is 0 Å². The molecule has 0 bridgehead atoms. The molecule has 0 fully saturated rings. The summed E-state index contributed by atoms with van der Waals surface area (Å²) in [7, 11) is 0. The molecule has 1 unspecified atom stereocenters. The number of benzene rings is 1. The Bertz CT molecular complexity index is 624. The lowest BCUT2D eigenvalue weighted by Gasteiger charge is -2.12. The smallest absolute Gasteiger partial charge is 0.326 e.